The number of hydrogen-bond donors (Lipinski definition) is 4. The molecular formula is C36H39ClN6O4. The number of benzene rings is 2. The Morgan fingerprint density at radius 1 is 1.15 bits per heavy atom. The Balaban J connectivity index is 1.22. The van der Waals surface area contributed by atoms with Crippen LogP contribution in [-0.2, 0) is 24.3 Å². The molecule has 1 fully saturated rings. The van der Waals surface area contributed by atoms with E-state index >= 15 is 0 Å². The van der Waals surface area contributed by atoms with Crippen LogP contribution in [0, 0.1) is 6.92 Å². The zero-order chi connectivity index (χ0) is 32.9. The van der Waals surface area contributed by atoms with E-state index in [1.807, 2.05) is 43.3 Å². The molecule has 1 saturated heterocycles. The maximum Gasteiger partial charge on any atom is 0.274 e. The molecule has 2 aliphatic rings. The number of nitrogens with zero attached hydrogens (tertiary/aromatic N) is 3. The minimum absolute atomic E-state index is 0.0604. The fourth-order valence-corrected chi connectivity index (χ4v) is 6.69. The lowest BCUT2D eigenvalue weighted by Gasteiger charge is -2.32. The number of aliphatic hydroxyl groups is 1. The fourth-order valence-electron chi connectivity index (χ4n) is 6.36. The van der Waals surface area contributed by atoms with Gasteiger partial charge in [-0.15, -0.1) is 0 Å². The molecule has 0 unspecified atom stereocenters. The number of aromatic nitrogens is 2. The summed E-state index contributed by atoms with van der Waals surface area (Å²) in [5.41, 5.74) is 8.35. The van der Waals surface area contributed by atoms with E-state index in [1.165, 1.54) is 5.56 Å². The van der Waals surface area contributed by atoms with E-state index in [0.29, 0.717) is 41.6 Å². The van der Waals surface area contributed by atoms with Crippen LogP contribution in [0.3, 0.4) is 0 Å². The van der Waals surface area contributed by atoms with Gasteiger partial charge in [-0.3, -0.25) is 24.5 Å². The molecule has 0 aliphatic carbocycles. The van der Waals surface area contributed by atoms with E-state index < -0.39 is 0 Å². The van der Waals surface area contributed by atoms with Gasteiger partial charge in [-0.1, -0.05) is 29.8 Å². The quantitative estimate of drug-likeness (QED) is 0.171. The first-order valence-corrected chi connectivity index (χ1v) is 16.3. The van der Waals surface area contributed by atoms with Crippen molar-refractivity contribution in [2.75, 3.05) is 38.7 Å². The van der Waals surface area contributed by atoms with Crippen LogP contribution >= 0.6 is 11.6 Å². The standard InChI is InChI=1S/C36H39ClN6O4/c1-22-27(4-3-5-30(22)42-36(46)31-8-6-23(19-40-31)18-38-13-15-44)28-10-12-39-35(34(28)37)25-16-24-11-14-43(20-26-7-9-33(45)41-26)21-29(24)32(17-25)47-2/h3-6,8,10,12,16-17,19,26,38,44H,7,9,11,13-15,18,20-21H2,1-2H3,(H,41,45)(H,42,46)/t26-/m1/s1. The van der Waals surface area contributed by atoms with Crippen molar-refractivity contribution in [2.24, 2.45) is 0 Å². The van der Waals surface area contributed by atoms with Crippen LogP contribution in [0.4, 0.5) is 5.69 Å². The number of carbonyl (C=O) groups excluding carboxylic acids is 2. The van der Waals surface area contributed by atoms with Crippen LogP contribution in [0.25, 0.3) is 22.4 Å². The molecule has 4 heterocycles. The summed E-state index contributed by atoms with van der Waals surface area (Å²) in [4.78, 5) is 36.2. The number of anilines is 1. The minimum atomic E-state index is -0.311. The maximum atomic E-state index is 13.1. The van der Waals surface area contributed by atoms with Crippen molar-refractivity contribution < 1.29 is 19.4 Å². The normalized spacial score (nSPS) is 16.1. The van der Waals surface area contributed by atoms with Crippen LogP contribution in [0.5, 0.6) is 5.75 Å². The van der Waals surface area contributed by atoms with Gasteiger partial charge in [0, 0.05) is 80.0 Å². The van der Waals surface area contributed by atoms with Gasteiger partial charge >= 0.3 is 0 Å². The average Bonchev–Trinajstić information content (AvgIpc) is 3.50. The third-order valence-corrected chi connectivity index (χ3v) is 9.26. The van der Waals surface area contributed by atoms with Crippen molar-refractivity contribution >= 4 is 29.1 Å². The van der Waals surface area contributed by atoms with E-state index in [-0.39, 0.29) is 24.5 Å². The van der Waals surface area contributed by atoms with Crippen molar-refractivity contribution in [1.29, 1.82) is 0 Å². The molecule has 1 atom stereocenters. The first-order chi connectivity index (χ1) is 22.8. The predicted octanol–water partition coefficient (Wildman–Crippen LogP) is 4.75. The zero-order valence-electron chi connectivity index (χ0n) is 26.6. The number of pyridine rings is 2. The largest absolute Gasteiger partial charge is 0.496 e. The highest BCUT2D eigenvalue weighted by molar-refractivity contribution is 6.35. The number of nitrogens with one attached hydrogen (secondary N) is 3. The van der Waals surface area contributed by atoms with Crippen molar-refractivity contribution in [3.63, 3.8) is 0 Å². The van der Waals surface area contributed by atoms with Gasteiger partial charge in [0.1, 0.15) is 11.4 Å². The molecule has 0 saturated carbocycles. The number of aliphatic hydroxyl groups excluding tert-OH is 1. The second kappa shape index (κ2) is 14.6. The van der Waals surface area contributed by atoms with Crippen molar-refractivity contribution in [2.45, 2.75) is 45.3 Å². The second-order valence-corrected chi connectivity index (χ2v) is 12.4. The summed E-state index contributed by atoms with van der Waals surface area (Å²) in [5, 5.41) is 18.6. The number of amides is 2. The Bertz CT molecular complexity index is 1760. The molecule has 244 valence electrons. The van der Waals surface area contributed by atoms with Crippen LogP contribution in [0.2, 0.25) is 5.02 Å². The van der Waals surface area contributed by atoms with E-state index in [9.17, 15) is 9.59 Å². The van der Waals surface area contributed by atoms with Crippen LogP contribution in [0.1, 0.15) is 45.6 Å². The molecule has 11 heteroatoms. The lowest BCUT2D eigenvalue weighted by Crippen LogP contribution is -2.41. The van der Waals surface area contributed by atoms with E-state index in [0.717, 1.165) is 71.6 Å². The summed E-state index contributed by atoms with van der Waals surface area (Å²) in [7, 11) is 1.69. The molecule has 2 amide bonds. The molecule has 2 aromatic carbocycles. The Morgan fingerprint density at radius 3 is 2.77 bits per heavy atom. The lowest BCUT2D eigenvalue weighted by atomic mass is 9.93. The summed E-state index contributed by atoms with van der Waals surface area (Å²) in [5.74, 6) is 0.621. The maximum absolute atomic E-state index is 13.1. The summed E-state index contributed by atoms with van der Waals surface area (Å²) >= 11 is 7.11. The molecule has 10 nitrogen and oxygen atoms in total. The summed E-state index contributed by atoms with van der Waals surface area (Å²) in [6, 6.07) is 15.5. The minimum Gasteiger partial charge on any atom is -0.496 e. The Labute approximate surface area is 279 Å². The van der Waals surface area contributed by atoms with Gasteiger partial charge in [-0.05, 0) is 72.4 Å². The third kappa shape index (κ3) is 7.31. The second-order valence-electron chi connectivity index (χ2n) is 12.0. The summed E-state index contributed by atoms with van der Waals surface area (Å²) < 4.78 is 5.88. The monoisotopic (exact) mass is 654 g/mol. The summed E-state index contributed by atoms with van der Waals surface area (Å²) in [6.07, 6.45) is 5.75. The van der Waals surface area contributed by atoms with Gasteiger partial charge in [-0.25, -0.2) is 0 Å². The number of rotatable bonds is 11. The predicted molar refractivity (Wildman–Crippen MR) is 183 cm³/mol. The van der Waals surface area contributed by atoms with Gasteiger partial charge in [-0.2, -0.15) is 0 Å². The van der Waals surface area contributed by atoms with E-state index in [4.69, 9.17) is 21.4 Å². The van der Waals surface area contributed by atoms with Gasteiger partial charge in [0.15, 0.2) is 0 Å². The van der Waals surface area contributed by atoms with Crippen LogP contribution < -0.4 is 20.7 Å². The Morgan fingerprint density at radius 2 is 2.02 bits per heavy atom. The van der Waals surface area contributed by atoms with Gasteiger partial charge in [0.25, 0.3) is 5.91 Å². The Hall–Kier alpha value is -4.35. The molecule has 4 aromatic rings. The number of ether oxygens (including phenoxy) is 1. The van der Waals surface area contributed by atoms with Crippen molar-refractivity contribution in [3.8, 4) is 28.1 Å². The number of hydrogen-bond acceptors (Lipinski definition) is 8. The molecule has 0 radical (unpaired) electrons. The fraction of sp³-hybridized carbons (Fsp3) is 0.333. The molecule has 2 aliphatic heterocycles. The first-order valence-electron chi connectivity index (χ1n) is 15.9. The molecular weight excluding hydrogens is 616 g/mol. The number of fused-ring (bicyclic) bond motifs is 1. The molecule has 2 aromatic heterocycles. The number of carbonyl (C=O) groups is 2. The third-order valence-electron chi connectivity index (χ3n) is 8.87. The highest BCUT2D eigenvalue weighted by atomic mass is 35.5. The molecule has 47 heavy (non-hydrogen) atoms. The average molecular weight is 655 g/mol. The number of methoxy groups -OCH3 is 1. The SMILES string of the molecule is COc1cc(-c2nccc(-c3cccc(NC(=O)c4ccc(CNCCO)cn4)c3C)c2Cl)cc2c1CN(C[C@H]1CCC(=O)N1)CC2. The topological polar surface area (TPSA) is 129 Å². The van der Waals surface area contributed by atoms with Gasteiger partial charge in [0.2, 0.25) is 5.91 Å². The van der Waals surface area contributed by atoms with E-state index in [2.05, 4.69) is 36.9 Å². The van der Waals surface area contributed by atoms with Crippen molar-refractivity contribution in [3.05, 3.63) is 93.9 Å². The number of halogens is 1. The molecule has 0 spiro atoms. The summed E-state index contributed by atoms with van der Waals surface area (Å²) in [6.45, 7) is 5.55. The van der Waals surface area contributed by atoms with E-state index in [1.54, 1.807) is 25.6 Å². The molecule has 4 N–H and O–H groups in total. The van der Waals surface area contributed by atoms with Crippen molar-refractivity contribution in [1.82, 2.24) is 25.5 Å². The lowest BCUT2D eigenvalue weighted by molar-refractivity contribution is -0.119. The molecule has 0 bridgehead atoms. The van der Waals surface area contributed by atoms with Gasteiger partial charge in [0.05, 0.1) is 24.4 Å². The van der Waals surface area contributed by atoms with Crippen LogP contribution in [0.15, 0.2) is 60.9 Å². The Kier molecular flexibility index (Phi) is 10.1. The first kappa shape index (κ1) is 32.6. The molecule has 6 rings (SSSR count). The smallest absolute Gasteiger partial charge is 0.274 e. The highest BCUT2D eigenvalue weighted by Crippen LogP contribution is 2.40. The van der Waals surface area contributed by atoms with Crippen LogP contribution in [-0.4, -0.2) is 71.2 Å². The zero-order valence-corrected chi connectivity index (χ0v) is 27.4. The van der Waals surface area contributed by atoms with Gasteiger partial charge < -0.3 is 25.8 Å². The highest BCUT2D eigenvalue weighted by Gasteiger charge is 2.27.